The van der Waals surface area contributed by atoms with Gasteiger partial charge in [-0.2, -0.15) is 0 Å². The molecule has 0 aliphatic carbocycles. The number of benzene rings is 3. The fourth-order valence-electron chi connectivity index (χ4n) is 3.01. The molecule has 3 aromatic rings. The summed E-state index contributed by atoms with van der Waals surface area (Å²) in [5.74, 6) is 0.936. The second-order valence-corrected chi connectivity index (χ2v) is 7.61. The van der Waals surface area contributed by atoms with Gasteiger partial charge in [-0.1, -0.05) is 57.9 Å². The van der Waals surface area contributed by atoms with Crippen LogP contribution in [0.25, 0.3) is 0 Å². The number of aryl methyl sites for hydroxylation is 1. The number of hydrogen-bond acceptors (Lipinski definition) is 3. The van der Waals surface area contributed by atoms with Crippen LogP contribution in [0, 0.1) is 6.92 Å². The molecule has 0 spiro atoms. The van der Waals surface area contributed by atoms with Gasteiger partial charge in [0.15, 0.2) is 5.78 Å². The first kappa shape index (κ1) is 20.2. The van der Waals surface area contributed by atoms with Gasteiger partial charge < -0.3 is 10.1 Å². The molecule has 144 valence electrons. The lowest BCUT2D eigenvalue weighted by Crippen LogP contribution is -2.16. The van der Waals surface area contributed by atoms with E-state index >= 15 is 0 Å². The second kappa shape index (κ2) is 9.56. The molecule has 1 unspecified atom stereocenters. The molecule has 3 rings (SSSR count). The second-order valence-electron chi connectivity index (χ2n) is 6.70. The molecular weight excluding hydrogens is 414 g/mol. The van der Waals surface area contributed by atoms with E-state index in [0.717, 1.165) is 21.5 Å². The fourth-order valence-corrected chi connectivity index (χ4v) is 3.27. The van der Waals surface area contributed by atoms with E-state index in [0.29, 0.717) is 18.6 Å². The van der Waals surface area contributed by atoms with Crippen LogP contribution in [0.15, 0.2) is 77.3 Å². The van der Waals surface area contributed by atoms with Crippen LogP contribution < -0.4 is 10.1 Å². The number of ether oxygens (including phenoxy) is 1. The maximum atomic E-state index is 12.9. The Hall–Kier alpha value is -2.59. The predicted molar refractivity (Wildman–Crippen MR) is 118 cm³/mol. The summed E-state index contributed by atoms with van der Waals surface area (Å²) >= 11 is 3.42. The molecule has 0 saturated carbocycles. The average Bonchev–Trinajstić information content (AvgIpc) is 2.70. The van der Waals surface area contributed by atoms with Gasteiger partial charge >= 0.3 is 0 Å². The van der Waals surface area contributed by atoms with Crippen molar-refractivity contribution in [2.24, 2.45) is 0 Å². The van der Waals surface area contributed by atoms with Crippen LogP contribution in [0.1, 0.15) is 40.9 Å². The number of carbonyl (C=O) groups is 1. The van der Waals surface area contributed by atoms with E-state index in [1.165, 1.54) is 5.56 Å². The van der Waals surface area contributed by atoms with E-state index in [-0.39, 0.29) is 11.8 Å². The summed E-state index contributed by atoms with van der Waals surface area (Å²) in [6.07, 6.45) is 0.365. The standard InChI is InChI=1S/C24H24BrNO2/c1-3-28-22-14-8-18(9-15-22)23(26-21-12-4-17(2)5-13-21)16-24(27)19-6-10-20(25)11-7-19/h4-15,23,26H,3,16H2,1-2H3. The highest BCUT2D eigenvalue weighted by Gasteiger charge is 2.18. The Labute approximate surface area is 174 Å². The zero-order valence-electron chi connectivity index (χ0n) is 16.1. The molecular formula is C24H24BrNO2. The minimum atomic E-state index is -0.130. The number of anilines is 1. The molecule has 0 aliphatic heterocycles. The number of rotatable bonds is 8. The van der Waals surface area contributed by atoms with Gasteiger partial charge in [0.25, 0.3) is 0 Å². The maximum Gasteiger partial charge on any atom is 0.165 e. The largest absolute Gasteiger partial charge is 0.494 e. The number of ketones is 1. The molecule has 0 aliphatic rings. The Morgan fingerprint density at radius 2 is 1.61 bits per heavy atom. The Morgan fingerprint density at radius 3 is 2.21 bits per heavy atom. The van der Waals surface area contributed by atoms with Gasteiger partial charge in [0.1, 0.15) is 5.75 Å². The maximum absolute atomic E-state index is 12.9. The highest BCUT2D eigenvalue weighted by Crippen LogP contribution is 2.27. The van der Waals surface area contributed by atoms with Crippen molar-refractivity contribution >= 4 is 27.4 Å². The van der Waals surface area contributed by atoms with E-state index in [1.54, 1.807) is 0 Å². The number of halogens is 1. The Kier molecular flexibility index (Phi) is 6.88. The summed E-state index contributed by atoms with van der Waals surface area (Å²) < 4.78 is 6.50. The van der Waals surface area contributed by atoms with Gasteiger partial charge in [-0.05, 0) is 55.8 Å². The third kappa shape index (κ3) is 5.46. The van der Waals surface area contributed by atoms with E-state index in [9.17, 15) is 4.79 Å². The molecule has 0 amide bonds. The summed E-state index contributed by atoms with van der Waals surface area (Å²) in [7, 11) is 0. The topological polar surface area (TPSA) is 38.3 Å². The quantitative estimate of drug-likeness (QED) is 0.404. The molecule has 1 atom stereocenters. The molecule has 1 N–H and O–H groups in total. The third-order valence-corrected chi connectivity index (χ3v) is 5.07. The highest BCUT2D eigenvalue weighted by molar-refractivity contribution is 9.10. The zero-order valence-corrected chi connectivity index (χ0v) is 17.7. The summed E-state index contributed by atoms with van der Waals surface area (Å²) in [4.78, 5) is 12.9. The van der Waals surface area contributed by atoms with Crippen LogP contribution in [0.2, 0.25) is 0 Å². The van der Waals surface area contributed by atoms with Crippen LogP contribution in [0.3, 0.4) is 0 Å². The minimum absolute atomic E-state index is 0.103. The zero-order chi connectivity index (χ0) is 19.9. The first-order valence-corrected chi connectivity index (χ1v) is 10.2. The Bertz CT molecular complexity index is 903. The van der Waals surface area contributed by atoms with Gasteiger partial charge in [0.2, 0.25) is 0 Å². The fraction of sp³-hybridized carbons (Fsp3) is 0.208. The first-order chi connectivity index (χ1) is 13.5. The van der Waals surface area contributed by atoms with Crippen molar-refractivity contribution in [1.82, 2.24) is 0 Å². The van der Waals surface area contributed by atoms with Gasteiger partial charge in [-0.15, -0.1) is 0 Å². The predicted octanol–water partition coefficient (Wildman–Crippen LogP) is 6.58. The van der Waals surface area contributed by atoms with Gasteiger partial charge in [-0.3, -0.25) is 4.79 Å². The van der Waals surface area contributed by atoms with Crippen molar-refractivity contribution in [3.63, 3.8) is 0 Å². The van der Waals surface area contributed by atoms with Crippen LogP contribution in [0.4, 0.5) is 5.69 Å². The monoisotopic (exact) mass is 437 g/mol. The Morgan fingerprint density at radius 1 is 0.964 bits per heavy atom. The van der Waals surface area contributed by atoms with Crippen molar-refractivity contribution < 1.29 is 9.53 Å². The average molecular weight is 438 g/mol. The van der Waals surface area contributed by atoms with Crippen molar-refractivity contribution in [3.05, 3.63) is 94.0 Å². The van der Waals surface area contributed by atoms with E-state index in [1.807, 2.05) is 67.6 Å². The van der Waals surface area contributed by atoms with Crippen molar-refractivity contribution in [2.75, 3.05) is 11.9 Å². The lowest BCUT2D eigenvalue weighted by atomic mass is 9.97. The lowest BCUT2D eigenvalue weighted by Gasteiger charge is -2.20. The van der Waals surface area contributed by atoms with E-state index in [2.05, 4.69) is 40.3 Å². The molecule has 4 heteroatoms. The van der Waals surface area contributed by atoms with Crippen LogP contribution >= 0.6 is 15.9 Å². The minimum Gasteiger partial charge on any atom is -0.494 e. The number of carbonyl (C=O) groups excluding carboxylic acids is 1. The molecule has 3 aromatic carbocycles. The van der Waals surface area contributed by atoms with Crippen LogP contribution in [-0.4, -0.2) is 12.4 Å². The smallest absolute Gasteiger partial charge is 0.165 e. The molecule has 0 aromatic heterocycles. The summed E-state index contributed by atoms with van der Waals surface area (Å²) in [6, 6.07) is 23.5. The van der Waals surface area contributed by atoms with Crippen molar-refractivity contribution in [3.8, 4) is 5.75 Å². The Balaban J connectivity index is 1.83. The summed E-state index contributed by atoms with van der Waals surface area (Å²) in [5, 5.41) is 3.52. The molecule has 0 heterocycles. The highest BCUT2D eigenvalue weighted by atomic mass is 79.9. The van der Waals surface area contributed by atoms with Crippen molar-refractivity contribution in [1.29, 1.82) is 0 Å². The molecule has 3 nitrogen and oxygen atoms in total. The number of Topliss-reactive ketones (excluding diaryl/α,β-unsaturated/α-hetero) is 1. The molecule has 0 fully saturated rings. The summed E-state index contributed by atoms with van der Waals surface area (Å²) in [5.41, 5.74) is 3.96. The van der Waals surface area contributed by atoms with Crippen molar-refractivity contribution in [2.45, 2.75) is 26.3 Å². The molecule has 28 heavy (non-hydrogen) atoms. The first-order valence-electron chi connectivity index (χ1n) is 9.40. The molecule has 0 bridgehead atoms. The lowest BCUT2D eigenvalue weighted by molar-refractivity contribution is 0.0976. The van der Waals surface area contributed by atoms with E-state index in [4.69, 9.17) is 4.74 Å². The van der Waals surface area contributed by atoms with Gasteiger partial charge in [0.05, 0.1) is 12.6 Å². The number of hydrogen-bond donors (Lipinski definition) is 1. The summed E-state index contributed by atoms with van der Waals surface area (Å²) in [6.45, 7) is 4.66. The van der Waals surface area contributed by atoms with Gasteiger partial charge in [0, 0.05) is 22.1 Å². The normalized spacial score (nSPS) is 11.7. The van der Waals surface area contributed by atoms with Crippen LogP contribution in [0.5, 0.6) is 5.75 Å². The number of nitrogens with one attached hydrogen (secondary N) is 1. The van der Waals surface area contributed by atoms with Crippen LogP contribution in [-0.2, 0) is 0 Å². The molecule has 0 radical (unpaired) electrons. The third-order valence-electron chi connectivity index (χ3n) is 4.54. The van der Waals surface area contributed by atoms with Gasteiger partial charge in [-0.25, -0.2) is 0 Å². The molecule has 0 saturated heterocycles. The SMILES string of the molecule is CCOc1ccc(C(CC(=O)c2ccc(Br)cc2)Nc2ccc(C)cc2)cc1. The van der Waals surface area contributed by atoms with E-state index < -0.39 is 0 Å².